The van der Waals surface area contributed by atoms with E-state index < -0.39 is 39.4 Å². The molecule has 0 aromatic heterocycles. The second kappa shape index (κ2) is 9.01. The second-order valence-corrected chi connectivity index (χ2v) is 12.1. The van der Waals surface area contributed by atoms with Crippen molar-refractivity contribution in [3.05, 3.63) is 12.7 Å². The molecule has 1 spiro atoms. The van der Waals surface area contributed by atoms with Crippen LogP contribution < -0.4 is 0 Å². The molecule has 3 rings (SSSR count). The third-order valence-corrected chi connectivity index (χ3v) is 9.86. The van der Waals surface area contributed by atoms with Crippen molar-refractivity contribution in [2.24, 2.45) is 17.8 Å². The Bertz CT molecular complexity index is 788. The van der Waals surface area contributed by atoms with Crippen LogP contribution in [0.15, 0.2) is 12.7 Å². The molecule has 0 aromatic rings. The van der Waals surface area contributed by atoms with Gasteiger partial charge < -0.3 is 20.0 Å². The minimum absolute atomic E-state index is 0.0287. The van der Waals surface area contributed by atoms with Gasteiger partial charge in [0.1, 0.15) is 6.04 Å². The highest BCUT2D eigenvalue weighted by Crippen LogP contribution is 2.71. The van der Waals surface area contributed by atoms with Gasteiger partial charge in [-0.1, -0.05) is 33.3 Å². The number of carbonyl (C=O) groups is 3. The van der Waals surface area contributed by atoms with Crippen LogP contribution in [0.4, 0.5) is 0 Å². The Kier molecular flexibility index (Phi) is 7.06. The summed E-state index contributed by atoms with van der Waals surface area (Å²) in [4.78, 5) is 43.8. The van der Waals surface area contributed by atoms with Gasteiger partial charge in [-0.25, -0.2) is 0 Å². The predicted molar refractivity (Wildman–Crippen MR) is 125 cm³/mol. The average Bonchev–Trinajstić information content (AvgIpc) is 3.27. The summed E-state index contributed by atoms with van der Waals surface area (Å²) in [5.41, 5.74) is 0. The Balaban J connectivity index is 2.15. The van der Waals surface area contributed by atoms with Crippen LogP contribution in [0.25, 0.3) is 0 Å². The molecule has 7 nitrogen and oxygen atoms in total. The standard InChI is InChI=1S/C24H38N2O5S/c1-7-9-15(5)25(12-8-2)21(29)19-24-11-10-23(6,32-24)18(22(30)31)17(24)20(28)26(19)16(13-27)14(3)4/h8,14-19,27H,2,7,9-13H2,1,3-6H3,(H,30,31)/t15?,16-,17-,18-,19?,23+,24?/m0/s1. The van der Waals surface area contributed by atoms with Crippen LogP contribution in [0.3, 0.4) is 0 Å². The third kappa shape index (κ3) is 3.58. The summed E-state index contributed by atoms with van der Waals surface area (Å²) < 4.78 is -1.35. The third-order valence-electron chi connectivity index (χ3n) is 7.88. The zero-order valence-corrected chi connectivity index (χ0v) is 20.7. The van der Waals surface area contributed by atoms with Crippen molar-refractivity contribution in [1.82, 2.24) is 9.80 Å². The first-order chi connectivity index (χ1) is 15.0. The van der Waals surface area contributed by atoms with Gasteiger partial charge in [-0.2, -0.15) is 0 Å². The van der Waals surface area contributed by atoms with Crippen LogP contribution in [-0.4, -0.2) is 78.6 Å². The smallest absolute Gasteiger partial charge is 0.308 e. The van der Waals surface area contributed by atoms with Gasteiger partial charge in [-0.15, -0.1) is 18.3 Å². The lowest BCUT2D eigenvalue weighted by Crippen LogP contribution is -2.59. The number of fused-ring (bicyclic) bond motifs is 1. The summed E-state index contributed by atoms with van der Waals surface area (Å²) in [5.74, 6) is -3.07. The normalized spacial score (nSPS) is 35.2. The molecule has 2 amide bonds. The van der Waals surface area contributed by atoms with E-state index in [1.54, 1.807) is 15.9 Å². The lowest BCUT2D eigenvalue weighted by Gasteiger charge is -2.42. The molecule has 0 saturated carbocycles. The van der Waals surface area contributed by atoms with E-state index in [1.807, 2.05) is 27.7 Å². The van der Waals surface area contributed by atoms with Crippen LogP contribution >= 0.6 is 11.8 Å². The molecule has 0 aliphatic carbocycles. The number of aliphatic hydroxyl groups excluding tert-OH is 1. The molecule has 3 aliphatic rings. The largest absolute Gasteiger partial charge is 0.481 e. The van der Waals surface area contributed by atoms with Crippen LogP contribution in [-0.2, 0) is 14.4 Å². The Hall–Kier alpha value is -1.54. The van der Waals surface area contributed by atoms with Gasteiger partial charge in [0.15, 0.2) is 0 Å². The number of rotatable bonds is 10. The SMILES string of the molecule is C=CCN(C(=O)C1N([C@@H](CO)C(C)C)C(=O)[C@@H]2[C@@H](C(=O)O)[C@@]3(C)CCC12S3)C(C)CCC. The van der Waals surface area contributed by atoms with Crippen molar-refractivity contribution in [3.8, 4) is 0 Å². The molecule has 2 N–H and O–H groups in total. The van der Waals surface area contributed by atoms with Crippen molar-refractivity contribution >= 4 is 29.5 Å². The minimum Gasteiger partial charge on any atom is -0.481 e. The maximum atomic E-state index is 14.2. The molecule has 3 fully saturated rings. The first kappa shape index (κ1) is 25.1. The van der Waals surface area contributed by atoms with E-state index >= 15 is 0 Å². The van der Waals surface area contributed by atoms with Gasteiger partial charge >= 0.3 is 5.97 Å². The maximum Gasteiger partial charge on any atom is 0.308 e. The fraction of sp³-hybridized carbons (Fsp3) is 0.792. The van der Waals surface area contributed by atoms with E-state index in [2.05, 4.69) is 13.5 Å². The highest BCUT2D eigenvalue weighted by atomic mass is 32.2. The number of hydrogen-bond acceptors (Lipinski definition) is 5. The Morgan fingerprint density at radius 2 is 2.00 bits per heavy atom. The van der Waals surface area contributed by atoms with E-state index in [9.17, 15) is 24.6 Å². The molecule has 7 atom stereocenters. The monoisotopic (exact) mass is 466 g/mol. The van der Waals surface area contributed by atoms with Crippen molar-refractivity contribution in [3.63, 3.8) is 0 Å². The molecule has 0 aromatic carbocycles. The number of aliphatic carboxylic acids is 1. The fourth-order valence-corrected chi connectivity index (χ4v) is 8.68. The van der Waals surface area contributed by atoms with Crippen molar-refractivity contribution in [1.29, 1.82) is 0 Å². The van der Waals surface area contributed by atoms with Crippen molar-refractivity contribution in [2.75, 3.05) is 13.2 Å². The maximum absolute atomic E-state index is 14.2. The fourth-order valence-electron chi connectivity index (χ4n) is 6.35. The number of hydrogen-bond donors (Lipinski definition) is 2. The highest BCUT2D eigenvalue weighted by Gasteiger charge is 2.78. The first-order valence-corrected chi connectivity index (χ1v) is 12.6. The van der Waals surface area contributed by atoms with E-state index in [-0.39, 0.29) is 30.4 Å². The molecule has 2 bridgehead atoms. The summed E-state index contributed by atoms with van der Waals surface area (Å²) in [6.45, 7) is 13.8. The van der Waals surface area contributed by atoms with Gasteiger partial charge in [0, 0.05) is 17.3 Å². The summed E-state index contributed by atoms with van der Waals surface area (Å²) in [6, 6.07) is -1.35. The molecule has 0 radical (unpaired) electrons. The molecule has 32 heavy (non-hydrogen) atoms. The first-order valence-electron chi connectivity index (χ1n) is 11.8. The number of nitrogens with zero attached hydrogens (tertiary/aromatic N) is 2. The average molecular weight is 467 g/mol. The summed E-state index contributed by atoms with van der Waals surface area (Å²) in [5, 5.41) is 20.3. The zero-order valence-electron chi connectivity index (χ0n) is 19.9. The Morgan fingerprint density at radius 1 is 1.34 bits per heavy atom. The predicted octanol–water partition coefficient (Wildman–Crippen LogP) is 2.77. The highest BCUT2D eigenvalue weighted by molar-refractivity contribution is 8.02. The van der Waals surface area contributed by atoms with Gasteiger partial charge in [0.25, 0.3) is 0 Å². The summed E-state index contributed by atoms with van der Waals surface area (Å²) in [7, 11) is 0. The Labute approximate surface area is 195 Å². The minimum atomic E-state index is -0.972. The molecule has 3 aliphatic heterocycles. The van der Waals surface area contributed by atoms with Crippen LogP contribution in [0.1, 0.15) is 60.3 Å². The topological polar surface area (TPSA) is 98.2 Å². The van der Waals surface area contributed by atoms with Gasteiger partial charge in [-0.3, -0.25) is 14.4 Å². The van der Waals surface area contributed by atoms with E-state index in [0.717, 1.165) is 12.8 Å². The lowest BCUT2D eigenvalue weighted by molar-refractivity contribution is -0.151. The van der Waals surface area contributed by atoms with Crippen LogP contribution in [0.5, 0.6) is 0 Å². The van der Waals surface area contributed by atoms with Crippen LogP contribution in [0, 0.1) is 17.8 Å². The van der Waals surface area contributed by atoms with Gasteiger partial charge in [-0.05, 0) is 39.0 Å². The molecule has 3 saturated heterocycles. The van der Waals surface area contributed by atoms with Gasteiger partial charge in [0.2, 0.25) is 11.8 Å². The quantitative estimate of drug-likeness (QED) is 0.481. The van der Waals surface area contributed by atoms with Gasteiger partial charge in [0.05, 0.1) is 29.2 Å². The van der Waals surface area contributed by atoms with E-state index in [4.69, 9.17) is 0 Å². The molecular weight excluding hydrogens is 428 g/mol. The number of carbonyl (C=O) groups excluding carboxylic acids is 2. The molecule has 3 heterocycles. The zero-order chi connectivity index (χ0) is 24.0. The number of likely N-dealkylation sites (tertiary alicyclic amines) is 1. The number of carboxylic acids is 1. The van der Waals surface area contributed by atoms with E-state index in [0.29, 0.717) is 19.4 Å². The number of carboxylic acid groups (broad SMARTS) is 1. The molecular formula is C24H38N2O5S. The Morgan fingerprint density at radius 3 is 2.50 bits per heavy atom. The summed E-state index contributed by atoms with van der Waals surface area (Å²) in [6.07, 6.45) is 4.73. The second-order valence-electron chi connectivity index (χ2n) is 10.2. The number of thioether (sulfide) groups is 1. The van der Waals surface area contributed by atoms with Crippen LogP contribution in [0.2, 0.25) is 0 Å². The molecule has 8 heteroatoms. The lowest BCUT2D eigenvalue weighted by atomic mass is 9.66. The van der Waals surface area contributed by atoms with E-state index in [1.165, 1.54) is 11.8 Å². The van der Waals surface area contributed by atoms with Crippen molar-refractivity contribution in [2.45, 2.75) is 87.9 Å². The number of aliphatic hydroxyl groups is 1. The summed E-state index contributed by atoms with van der Waals surface area (Å²) >= 11 is 1.53. The number of amides is 2. The molecule has 3 unspecified atom stereocenters. The molecule has 180 valence electrons. The van der Waals surface area contributed by atoms with Crippen molar-refractivity contribution < 1.29 is 24.6 Å².